The van der Waals surface area contributed by atoms with Gasteiger partial charge in [0.1, 0.15) is 6.54 Å². The Morgan fingerprint density at radius 1 is 1.31 bits per heavy atom. The van der Waals surface area contributed by atoms with Gasteiger partial charge in [0.05, 0.1) is 5.69 Å². The molecule has 2 rings (SSSR count). The molecule has 0 amide bonds. The second-order valence-electron chi connectivity index (χ2n) is 2.32. The summed E-state index contributed by atoms with van der Waals surface area (Å²) in [4.78, 5) is 10.7. The van der Waals surface area contributed by atoms with Crippen molar-refractivity contribution in [2.45, 2.75) is 0 Å². The van der Waals surface area contributed by atoms with Gasteiger partial charge in [0.25, 0.3) is 0 Å². The quantitative estimate of drug-likeness (QED) is 0.241. The summed E-state index contributed by atoms with van der Waals surface area (Å²) in [7, 11) is 0. The number of benzene rings is 1. The van der Waals surface area contributed by atoms with Crippen LogP contribution in [0.1, 0.15) is 0 Å². The largest absolute Gasteiger partial charge is 1.00 e. The zero-order chi connectivity index (χ0) is 7.68. The summed E-state index contributed by atoms with van der Waals surface area (Å²) in [6, 6.07) is 7.37. The third kappa shape index (κ3) is 3.07. The molecule has 0 spiro atoms. The number of hydrogen-bond acceptors (Lipinski definition) is 3. The van der Waals surface area contributed by atoms with Crippen LogP contribution in [0, 0.1) is 7.43 Å². The monoisotopic (exact) mass is 203 g/mol. The van der Waals surface area contributed by atoms with Crippen molar-refractivity contribution in [3.8, 4) is 5.75 Å². The standard InChI is InChI=1S/C8H7NO2.CH3.K/c10-8-5-9-6-3-1-2-4-7(6)11-8;;/h1-4,9H,5H2;1H3;/q;-1;+1. The van der Waals surface area contributed by atoms with E-state index in [1.54, 1.807) is 6.07 Å². The summed E-state index contributed by atoms with van der Waals surface area (Å²) in [5.41, 5.74) is 0.882. The Labute approximate surface area is 120 Å². The zero-order valence-corrected chi connectivity index (χ0v) is 11.0. The Morgan fingerprint density at radius 2 is 2.00 bits per heavy atom. The van der Waals surface area contributed by atoms with E-state index >= 15 is 0 Å². The Kier molecular flexibility index (Phi) is 5.83. The van der Waals surface area contributed by atoms with Crippen molar-refractivity contribution in [2.24, 2.45) is 0 Å². The molecule has 1 aromatic rings. The first-order chi connectivity index (χ1) is 5.36. The van der Waals surface area contributed by atoms with Crippen LogP contribution in [0.25, 0.3) is 0 Å². The molecule has 1 aromatic carbocycles. The molecule has 0 atom stereocenters. The second-order valence-corrected chi connectivity index (χ2v) is 2.32. The SMILES string of the molecule is O=C1CNc2ccccc2O1.[CH3-].[K+]. The summed E-state index contributed by atoms with van der Waals surface area (Å²) in [5.74, 6) is 0.382. The van der Waals surface area contributed by atoms with Crippen molar-refractivity contribution >= 4 is 11.7 Å². The maximum atomic E-state index is 10.7. The van der Waals surface area contributed by atoms with E-state index in [1.807, 2.05) is 18.2 Å². The topological polar surface area (TPSA) is 38.3 Å². The van der Waals surface area contributed by atoms with Crippen LogP contribution in [0.4, 0.5) is 5.69 Å². The molecule has 64 valence electrons. The second kappa shape index (κ2) is 5.77. The molecule has 1 heterocycles. The summed E-state index contributed by atoms with van der Waals surface area (Å²) in [6.07, 6.45) is 0. The minimum atomic E-state index is -0.233. The minimum absolute atomic E-state index is 0. The van der Waals surface area contributed by atoms with E-state index < -0.39 is 0 Å². The van der Waals surface area contributed by atoms with Gasteiger partial charge >= 0.3 is 57.4 Å². The van der Waals surface area contributed by atoms with Crippen LogP contribution in [0.2, 0.25) is 0 Å². The van der Waals surface area contributed by atoms with Gasteiger partial charge in [-0.25, -0.2) is 4.79 Å². The fourth-order valence-corrected chi connectivity index (χ4v) is 1.03. The Balaban J connectivity index is 0.000000720. The molecule has 4 heteroatoms. The first kappa shape index (κ1) is 13.1. The summed E-state index contributed by atoms with van der Waals surface area (Å²) in [6.45, 7) is 0.261. The van der Waals surface area contributed by atoms with Gasteiger partial charge in [-0.2, -0.15) is 0 Å². The van der Waals surface area contributed by atoms with Crippen molar-refractivity contribution in [1.29, 1.82) is 0 Å². The Bertz CT molecular complexity index is 301. The average molecular weight is 203 g/mol. The number of hydrogen-bond donors (Lipinski definition) is 1. The van der Waals surface area contributed by atoms with E-state index in [2.05, 4.69) is 5.32 Å². The molecule has 0 aliphatic carbocycles. The van der Waals surface area contributed by atoms with Gasteiger partial charge in [-0.3, -0.25) is 0 Å². The molecule has 0 aromatic heterocycles. The van der Waals surface area contributed by atoms with Gasteiger partial charge in [-0.05, 0) is 12.1 Å². The number of nitrogens with one attached hydrogen (secondary N) is 1. The fourth-order valence-electron chi connectivity index (χ4n) is 1.03. The van der Waals surface area contributed by atoms with E-state index in [1.165, 1.54) is 0 Å². The first-order valence-electron chi connectivity index (χ1n) is 3.40. The van der Waals surface area contributed by atoms with E-state index in [-0.39, 0.29) is 71.3 Å². The Morgan fingerprint density at radius 3 is 2.77 bits per heavy atom. The van der Waals surface area contributed by atoms with Crippen LogP contribution in [-0.4, -0.2) is 12.5 Å². The molecular weight excluding hydrogens is 193 g/mol. The van der Waals surface area contributed by atoms with Gasteiger partial charge in [0.15, 0.2) is 5.75 Å². The van der Waals surface area contributed by atoms with Gasteiger partial charge in [-0.1, -0.05) is 12.1 Å². The number of anilines is 1. The van der Waals surface area contributed by atoms with Crippen LogP contribution < -0.4 is 61.4 Å². The molecule has 1 N–H and O–H groups in total. The number of para-hydroxylation sites is 2. The maximum Gasteiger partial charge on any atom is 1.00 e. The molecule has 1 aliphatic heterocycles. The third-order valence-electron chi connectivity index (χ3n) is 1.53. The predicted molar refractivity (Wildman–Crippen MR) is 47.0 cm³/mol. The van der Waals surface area contributed by atoms with E-state index in [4.69, 9.17) is 4.74 Å². The smallest absolute Gasteiger partial charge is 0.423 e. The van der Waals surface area contributed by atoms with Crippen LogP contribution in [0.15, 0.2) is 24.3 Å². The molecular formula is C9H10KNO2. The van der Waals surface area contributed by atoms with Gasteiger partial charge in [-0.15, -0.1) is 0 Å². The maximum absolute atomic E-state index is 10.7. The van der Waals surface area contributed by atoms with Crippen molar-refractivity contribution in [3.05, 3.63) is 31.7 Å². The van der Waals surface area contributed by atoms with E-state index in [9.17, 15) is 4.79 Å². The number of fused-ring (bicyclic) bond motifs is 1. The predicted octanol–water partition coefficient (Wildman–Crippen LogP) is -1.53. The van der Waals surface area contributed by atoms with Gasteiger partial charge in [0, 0.05) is 0 Å². The zero-order valence-electron chi connectivity index (χ0n) is 7.83. The number of carbonyl (C=O) groups excluding carboxylic acids is 1. The van der Waals surface area contributed by atoms with E-state index in [0.29, 0.717) is 5.75 Å². The number of rotatable bonds is 0. The molecule has 1 aliphatic rings. The molecule has 0 fully saturated rings. The summed E-state index contributed by atoms with van der Waals surface area (Å²) < 4.78 is 4.93. The van der Waals surface area contributed by atoms with Crippen molar-refractivity contribution in [3.63, 3.8) is 0 Å². The molecule has 0 saturated carbocycles. The fraction of sp³-hybridized carbons (Fsp3) is 0.111. The van der Waals surface area contributed by atoms with Crippen LogP contribution in [-0.2, 0) is 4.79 Å². The minimum Gasteiger partial charge on any atom is -0.423 e. The molecule has 13 heavy (non-hydrogen) atoms. The number of ether oxygens (including phenoxy) is 1. The average Bonchev–Trinajstić information content (AvgIpc) is 2.04. The summed E-state index contributed by atoms with van der Waals surface area (Å²) >= 11 is 0. The molecule has 0 saturated heterocycles. The van der Waals surface area contributed by atoms with Gasteiger partial charge in [0.2, 0.25) is 0 Å². The van der Waals surface area contributed by atoms with Crippen molar-refractivity contribution < 1.29 is 60.9 Å². The molecule has 0 radical (unpaired) electrons. The third-order valence-corrected chi connectivity index (χ3v) is 1.53. The van der Waals surface area contributed by atoms with Crippen LogP contribution >= 0.6 is 0 Å². The van der Waals surface area contributed by atoms with Crippen molar-refractivity contribution in [1.82, 2.24) is 0 Å². The molecule has 0 unspecified atom stereocenters. The first-order valence-corrected chi connectivity index (χ1v) is 3.40. The number of esters is 1. The Hall–Kier alpha value is 0.126. The van der Waals surface area contributed by atoms with Crippen molar-refractivity contribution in [2.75, 3.05) is 11.9 Å². The normalized spacial score (nSPS) is 12.5. The van der Waals surface area contributed by atoms with Gasteiger partial charge < -0.3 is 17.5 Å². The molecule has 0 bridgehead atoms. The summed E-state index contributed by atoms with van der Waals surface area (Å²) in [5, 5.41) is 2.94. The van der Waals surface area contributed by atoms with Crippen LogP contribution in [0.3, 0.4) is 0 Å². The molecule has 3 nitrogen and oxygen atoms in total. The number of carbonyl (C=O) groups is 1. The van der Waals surface area contributed by atoms with Crippen LogP contribution in [0.5, 0.6) is 5.75 Å². The van der Waals surface area contributed by atoms with E-state index in [0.717, 1.165) is 5.69 Å².